The van der Waals surface area contributed by atoms with Crippen molar-refractivity contribution in [3.63, 3.8) is 0 Å². The molecule has 2 aliphatic heterocycles. The summed E-state index contributed by atoms with van der Waals surface area (Å²) in [5, 5.41) is 30.2. The lowest BCUT2D eigenvalue weighted by molar-refractivity contribution is 0.0412. The third kappa shape index (κ3) is 5.19. The summed E-state index contributed by atoms with van der Waals surface area (Å²) in [5.41, 5.74) is 3.48. The van der Waals surface area contributed by atoms with E-state index in [4.69, 9.17) is 4.74 Å². The first kappa shape index (κ1) is 22.5. The number of phenols is 1. The predicted molar refractivity (Wildman–Crippen MR) is 127 cm³/mol. The molecule has 8 heteroatoms. The number of aromatic hydroxyl groups is 1. The molecule has 2 aliphatic rings. The topological polar surface area (TPSA) is 98.1 Å². The summed E-state index contributed by atoms with van der Waals surface area (Å²) in [6, 6.07) is 6.07. The van der Waals surface area contributed by atoms with Crippen molar-refractivity contribution in [3.8, 4) is 16.9 Å². The van der Waals surface area contributed by atoms with Gasteiger partial charge in [0.1, 0.15) is 11.6 Å². The van der Waals surface area contributed by atoms with Crippen LogP contribution in [-0.2, 0) is 4.74 Å². The fourth-order valence-corrected chi connectivity index (χ4v) is 4.51. The van der Waals surface area contributed by atoms with Gasteiger partial charge in [0.2, 0.25) is 0 Å². The predicted octanol–water partition coefficient (Wildman–Crippen LogP) is 3.55. The van der Waals surface area contributed by atoms with E-state index < -0.39 is 0 Å². The minimum Gasteiger partial charge on any atom is -0.507 e. The first-order valence-corrected chi connectivity index (χ1v) is 11.5. The standard InChI is InChI=1S/C24H34N6O2/c1-4-22(21-6-5-18(13-23(21)31)19-14-25-26-15-19)29-28-17(2)30-10-7-20(16-30)27-24(3)8-11-32-12-9-24/h5-6,13-15,20,27,31H,4,7-12,16H2,1-3H3,(H,25,26)/b28-17+,29-22+. The summed E-state index contributed by atoms with van der Waals surface area (Å²) in [6.45, 7) is 9.93. The number of ether oxygens (including phenoxy) is 1. The molecule has 3 heterocycles. The Bertz CT molecular complexity index is 963. The maximum absolute atomic E-state index is 10.6. The summed E-state index contributed by atoms with van der Waals surface area (Å²) in [5.74, 6) is 1.11. The average Bonchev–Trinajstić information content (AvgIpc) is 3.47. The highest BCUT2D eigenvalue weighted by atomic mass is 16.5. The van der Waals surface area contributed by atoms with Gasteiger partial charge in [0, 0.05) is 55.2 Å². The Hall–Kier alpha value is -2.71. The molecule has 3 N–H and O–H groups in total. The van der Waals surface area contributed by atoms with Gasteiger partial charge in [-0.25, -0.2) is 0 Å². The Morgan fingerprint density at radius 3 is 2.81 bits per heavy atom. The Kier molecular flexibility index (Phi) is 6.91. The molecule has 0 saturated carbocycles. The Balaban J connectivity index is 1.42. The molecule has 0 amide bonds. The van der Waals surface area contributed by atoms with Crippen LogP contribution in [0.15, 0.2) is 40.8 Å². The number of hydrogen-bond donors (Lipinski definition) is 3. The summed E-state index contributed by atoms with van der Waals surface area (Å²) >= 11 is 0. The number of H-pyrrole nitrogens is 1. The van der Waals surface area contributed by atoms with Crippen LogP contribution in [0.1, 0.15) is 52.0 Å². The monoisotopic (exact) mass is 438 g/mol. The van der Waals surface area contributed by atoms with E-state index in [0.29, 0.717) is 18.0 Å². The van der Waals surface area contributed by atoms with Gasteiger partial charge < -0.3 is 20.1 Å². The minimum absolute atomic E-state index is 0.164. The van der Waals surface area contributed by atoms with E-state index in [9.17, 15) is 5.11 Å². The molecule has 2 fully saturated rings. The SMILES string of the molecule is CC/C(=N\N=C(/C)N1CCC(NC2(C)CCOCC2)C1)c1ccc(-c2cn[nH]c2)cc1O. The zero-order chi connectivity index (χ0) is 22.6. The smallest absolute Gasteiger partial charge is 0.125 e. The van der Waals surface area contributed by atoms with E-state index >= 15 is 0 Å². The van der Waals surface area contributed by atoms with E-state index in [1.54, 1.807) is 18.5 Å². The zero-order valence-corrected chi connectivity index (χ0v) is 19.3. The number of amidine groups is 1. The third-order valence-corrected chi connectivity index (χ3v) is 6.59. The lowest BCUT2D eigenvalue weighted by atomic mass is 9.91. The highest BCUT2D eigenvalue weighted by molar-refractivity contribution is 6.03. The van der Waals surface area contributed by atoms with Crippen LogP contribution in [0.5, 0.6) is 5.75 Å². The molecule has 1 unspecified atom stereocenters. The van der Waals surface area contributed by atoms with E-state index in [0.717, 1.165) is 68.2 Å². The maximum atomic E-state index is 10.6. The first-order chi connectivity index (χ1) is 15.5. The molecule has 0 radical (unpaired) electrons. The highest BCUT2D eigenvalue weighted by Gasteiger charge is 2.32. The molecule has 0 bridgehead atoms. The molecule has 2 saturated heterocycles. The molecule has 8 nitrogen and oxygen atoms in total. The number of benzene rings is 1. The van der Waals surface area contributed by atoms with Gasteiger partial charge in [-0.05, 0) is 57.2 Å². The van der Waals surface area contributed by atoms with Gasteiger partial charge in [-0.2, -0.15) is 10.2 Å². The summed E-state index contributed by atoms with van der Waals surface area (Å²) in [4.78, 5) is 2.29. The molecule has 1 aromatic heterocycles. The van der Waals surface area contributed by atoms with Gasteiger partial charge in [0.25, 0.3) is 0 Å². The van der Waals surface area contributed by atoms with E-state index in [1.807, 2.05) is 26.0 Å². The fraction of sp³-hybridized carbons (Fsp3) is 0.542. The van der Waals surface area contributed by atoms with E-state index in [2.05, 4.69) is 37.5 Å². The number of phenolic OH excluding ortho intramolecular Hbond substituents is 1. The van der Waals surface area contributed by atoms with Crippen molar-refractivity contribution < 1.29 is 9.84 Å². The minimum atomic E-state index is 0.164. The first-order valence-electron chi connectivity index (χ1n) is 11.5. The summed E-state index contributed by atoms with van der Waals surface area (Å²) in [7, 11) is 0. The van der Waals surface area contributed by atoms with Gasteiger partial charge in [-0.3, -0.25) is 5.10 Å². The number of nitrogens with zero attached hydrogens (tertiary/aromatic N) is 4. The second kappa shape index (κ2) is 9.83. The van der Waals surface area contributed by atoms with Crippen molar-refractivity contribution in [3.05, 3.63) is 36.2 Å². The van der Waals surface area contributed by atoms with Crippen LogP contribution in [-0.4, -0.2) is 69.6 Å². The van der Waals surface area contributed by atoms with Crippen molar-refractivity contribution in [1.29, 1.82) is 0 Å². The lowest BCUT2D eigenvalue weighted by Gasteiger charge is -2.37. The van der Waals surface area contributed by atoms with Crippen LogP contribution in [0.3, 0.4) is 0 Å². The molecule has 172 valence electrons. The van der Waals surface area contributed by atoms with E-state index in [1.165, 1.54) is 0 Å². The fourth-order valence-electron chi connectivity index (χ4n) is 4.51. The third-order valence-electron chi connectivity index (χ3n) is 6.59. The Morgan fingerprint density at radius 1 is 1.31 bits per heavy atom. The average molecular weight is 439 g/mol. The molecule has 1 atom stereocenters. The molecule has 32 heavy (non-hydrogen) atoms. The molecule has 0 spiro atoms. The lowest BCUT2D eigenvalue weighted by Crippen LogP contribution is -2.52. The molecular weight excluding hydrogens is 404 g/mol. The zero-order valence-electron chi connectivity index (χ0n) is 19.3. The molecule has 0 aliphatic carbocycles. The number of aromatic nitrogens is 2. The van der Waals surface area contributed by atoms with Crippen molar-refractivity contribution in [1.82, 2.24) is 20.4 Å². The van der Waals surface area contributed by atoms with Crippen LogP contribution >= 0.6 is 0 Å². The number of rotatable bonds is 6. The second-order valence-electron chi connectivity index (χ2n) is 9.02. The van der Waals surface area contributed by atoms with Crippen molar-refractivity contribution in [2.45, 2.75) is 58.0 Å². The number of aromatic amines is 1. The van der Waals surface area contributed by atoms with Gasteiger partial charge in [0.15, 0.2) is 0 Å². The highest BCUT2D eigenvalue weighted by Crippen LogP contribution is 2.27. The van der Waals surface area contributed by atoms with Gasteiger partial charge in [-0.15, -0.1) is 5.10 Å². The second-order valence-corrected chi connectivity index (χ2v) is 9.02. The van der Waals surface area contributed by atoms with Crippen molar-refractivity contribution in [2.24, 2.45) is 10.2 Å². The molecule has 2 aromatic rings. The van der Waals surface area contributed by atoms with Crippen molar-refractivity contribution >= 4 is 11.5 Å². The Morgan fingerprint density at radius 2 is 2.12 bits per heavy atom. The quantitative estimate of drug-likeness (QED) is 0.364. The van der Waals surface area contributed by atoms with Crippen LogP contribution in [0.25, 0.3) is 11.1 Å². The molecular formula is C24H34N6O2. The molecule has 4 rings (SSSR count). The number of nitrogens with one attached hydrogen (secondary N) is 2. The van der Waals surface area contributed by atoms with Crippen LogP contribution in [0.2, 0.25) is 0 Å². The van der Waals surface area contributed by atoms with Crippen LogP contribution in [0.4, 0.5) is 0 Å². The summed E-state index contributed by atoms with van der Waals surface area (Å²) < 4.78 is 5.52. The maximum Gasteiger partial charge on any atom is 0.125 e. The van der Waals surface area contributed by atoms with Crippen LogP contribution in [0, 0.1) is 0 Å². The van der Waals surface area contributed by atoms with Crippen molar-refractivity contribution in [2.75, 3.05) is 26.3 Å². The van der Waals surface area contributed by atoms with Gasteiger partial charge in [-0.1, -0.05) is 13.0 Å². The Labute approximate surface area is 189 Å². The van der Waals surface area contributed by atoms with Gasteiger partial charge in [0.05, 0.1) is 11.9 Å². The molecule has 1 aromatic carbocycles. The van der Waals surface area contributed by atoms with Crippen LogP contribution < -0.4 is 5.32 Å². The number of hydrogen-bond acceptors (Lipinski definition) is 6. The summed E-state index contributed by atoms with van der Waals surface area (Å²) in [6.07, 6.45) is 7.44. The normalized spacial score (nSPS) is 21.8. The largest absolute Gasteiger partial charge is 0.507 e. The number of likely N-dealkylation sites (tertiary alicyclic amines) is 1. The van der Waals surface area contributed by atoms with Gasteiger partial charge >= 0.3 is 0 Å². The van der Waals surface area contributed by atoms with E-state index in [-0.39, 0.29) is 11.3 Å².